The van der Waals surface area contributed by atoms with Gasteiger partial charge in [0.05, 0.1) is 5.69 Å². The van der Waals surface area contributed by atoms with Crippen molar-refractivity contribution in [3.63, 3.8) is 0 Å². The summed E-state index contributed by atoms with van der Waals surface area (Å²) in [6, 6.07) is 5.81. The third-order valence-corrected chi connectivity index (χ3v) is 6.28. The van der Waals surface area contributed by atoms with Crippen LogP contribution in [0.15, 0.2) is 22.7 Å². The highest BCUT2D eigenvalue weighted by Gasteiger charge is 2.25. The maximum absolute atomic E-state index is 12.5. The number of amides is 1. The summed E-state index contributed by atoms with van der Waals surface area (Å²) in [5.74, 6) is 1.07. The molecule has 7 heteroatoms. The van der Waals surface area contributed by atoms with Gasteiger partial charge < -0.3 is 10.6 Å². The average molecular weight is 373 g/mol. The van der Waals surface area contributed by atoms with E-state index in [-0.39, 0.29) is 5.91 Å². The normalized spacial score (nSPS) is 16.8. The van der Waals surface area contributed by atoms with Crippen LogP contribution in [-0.4, -0.2) is 39.6 Å². The minimum absolute atomic E-state index is 0.0449. The first-order valence-electron chi connectivity index (χ1n) is 6.18. The monoisotopic (exact) mass is 372 g/mol. The Bertz CT molecular complexity index is 704. The van der Waals surface area contributed by atoms with Gasteiger partial charge in [-0.25, -0.2) is 0 Å². The van der Waals surface area contributed by atoms with Crippen LogP contribution in [0.4, 0.5) is 5.69 Å². The van der Waals surface area contributed by atoms with Crippen molar-refractivity contribution in [2.75, 3.05) is 30.3 Å². The Hall–Kier alpha value is -0.920. The van der Waals surface area contributed by atoms with Crippen molar-refractivity contribution in [3.8, 4) is 0 Å². The van der Waals surface area contributed by atoms with E-state index in [1.54, 1.807) is 4.90 Å². The van der Waals surface area contributed by atoms with Crippen molar-refractivity contribution in [2.24, 2.45) is 0 Å². The molecule has 0 spiro atoms. The summed E-state index contributed by atoms with van der Waals surface area (Å²) in [4.78, 5) is 14.9. The zero-order chi connectivity index (χ0) is 14.3. The number of hydrogen-bond donors (Lipinski definition) is 1. The van der Waals surface area contributed by atoms with Gasteiger partial charge in [-0.05, 0) is 12.1 Å². The smallest absolute Gasteiger partial charge is 0.266 e. The van der Waals surface area contributed by atoms with Crippen LogP contribution in [0.2, 0.25) is 0 Å². The summed E-state index contributed by atoms with van der Waals surface area (Å²) >= 11 is 4.84. The Morgan fingerprint density at radius 3 is 2.75 bits per heavy atom. The zero-order valence-corrected chi connectivity index (χ0v) is 13.8. The fourth-order valence-electron chi connectivity index (χ4n) is 2.23. The predicted molar refractivity (Wildman–Crippen MR) is 87.7 cm³/mol. The third-order valence-electron chi connectivity index (χ3n) is 3.35. The maximum atomic E-state index is 12.5. The molecule has 2 aromatic rings. The molecule has 1 amide bonds. The summed E-state index contributed by atoms with van der Waals surface area (Å²) in [6.45, 7) is 1.09. The highest BCUT2D eigenvalue weighted by Crippen LogP contribution is 2.36. The number of nitrogens with zero attached hydrogens (tertiary/aromatic N) is 1. The SMILES string of the molecule is Nc1c(C(=O)N2CCS(=O)CC2)sc2cc(Br)ccc12. The number of rotatable bonds is 1. The van der Waals surface area contributed by atoms with Crippen LogP contribution in [0.3, 0.4) is 0 Å². The first-order valence-corrected chi connectivity index (χ1v) is 9.28. The fraction of sp³-hybridized carbons (Fsp3) is 0.308. The number of nitrogens with two attached hydrogens (primary N) is 1. The lowest BCUT2D eigenvalue weighted by Gasteiger charge is -2.25. The van der Waals surface area contributed by atoms with Crippen LogP contribution in [0.5, 0.6) is 0 Å². The average Bonchev–Trinajstić information content (AvgIpc) is 2.75. The number of benzene rings is 1. The number of anilines is 1. The molecular formula is C13H13BrN2O2S2. The molecule has 1 aliphatic heterocycles. The molecular weight excluding hydrogens is 360 g/mol. The fourth-order valence-corrected chi connectivity index (χ4v) is 4.93. The highest BCUT2D eigenvalue weighted by atomic mass is 79.9. The van der Waals surface area contributed by atoms with Gasteiger partial charge in [0, 0.05) is 50.0 Å². The summed E-state index contributed by atoms with van der Waals surface area (Å²) in [6.07, 6.45) is 0. The molecule has 20 heavy (non-hydrogen) atoms. The molecule has 0 radical (unpaired) electrons. The third kappa shape index (κ3) is 2.49. The molecule has 0 aliphatic carbocycles. The van der Waals surface area contributed by atoms with Crippen molar-refractivity contribution < 1.29 is 9.00 Å². The molecule has 0 atom stereocenters. The summed E-state index contributed by atoms with van der Waals surface area (Å²) in [5, 5.41) is 0.919. The second-order valence-corrected chi connectivity index (χ2v) is 8.29. The van der Waals surface area contributed by atoms with Gasteiger partial charge in [-0.3, -0.25) is 9.00 Å². The lowest BCUT2D eigenvalue weighted by molar-refractivity contribution is 0.0777. The van der Waals surface area contributed by atoms with Gasteiger partial charge in [0.1, 0.15) is 4.88 Å². The molecule has 0 unspecified atom stereocenters. The molecule has 1 saturated heterocycles. The van der Waals surface area contributed by atoms with Crippen LogP contribution in [0.25, 0.3) is 10.1 Å². The number of halogens is 1. The van der Waals surface area contributed by atoms with E-state index in [1.165, 1.54) is 11.3 Å². The number of carbonyl (C=O) groups excluding carboxylic acids is 1. The van der Waals surface area contributed by atoms with E-state index >= 15 is 0 Å². The predicted octanol–water partition coefficient (Wildman–Crippen LogP) is 2.45. The molecule has 2 N–H and O–H groups in total. The topological polar surface area (TPSA) is 63.4 Å². The van der Waals surface area contributed by atoms with E-state index in [9.17, 15) is 9.00 Å². The van der Waals surface area contributed by atoms with E-state index in [4.69, 9.17) is 5.73 Å². The van der Waals surface area contributed by atoms with E-state index in [1.807, 2.05) is 18.2 Å². The van der Waals surface area contributed by atoms with Gasteiger partial charge in [0.2, 0.25) is 0 Å². The quantitative estimate of drug-likeness (QED) is 0.835. The van der Waals surface area contributed by atoms with E-state index in [2.05, 4.69) is 15.9 Å². The molecule has 0 saturated carbocycles. The summed E-state index contributed by atoms with van der Waals surface area (Å²) in [5.41, 5.74) is 6.66. The van der Waals surface area contributed by atoms with Gasteiger partial charge in [0.25, 0.3) is 5.91 Å². The number of nitrogen functional groups attached to an aromatic ring is 1. The molecule has 4 nitrogen and oxygen atoms in total. The van der Waals surface area contributed by atoms with E-state index in [0.29, 0.717) is 35.2 Å². The maximum Gasteiger partial charge on any atom is 0.266 e. The highest BCUT2D eigenvalue weighted by molar-refractivity contribution is 9.10. The van der Waals surface area contributed by atoms with Gasteiger partial charge in [0.15, 0.2) is 0 Å². The Kier molecular flexibility index (Phi) is 3.83. The van der Waals surface area contributed by atoms with Crippen LogP contribution in [0.1, 0.15) is 9.67 Å². The number of carbonyl (C=O) groups is 1. The van der Waals surface area contributed by atoms with Crippen molar-refractivity contribution in [3.05, 3.63) is 27.5 Å². The zero-order valence-electron chi connectivity index (χ0n) is 10.6. The van der Waals surface area contributed by atoms with E-state index in [0.717, 1.165) is 14.6 Å². The number of fused-ring (bicyclic) bond motifs is 1. The Morgan fingerprint density at radius 1 is 1.35 bits per heavy atom. The Morgan fingerprint density at radius 2 is 2.05 bits per heavy atom. The van der Waals surface area contributed by atoms with Crippen LogP contribution < -0.4 is 5.73 Å². The molecule has 1 aliphatic rings. The Balaban J connectivity index is 1.95. The number of hydrogen-bond acceptors (Lipinski definition) is 4. The summed E-state index contributed by atoms with van der Waals surface area (Å²) in [7, 11) is -0.785. The van der Waals surface area contributed by atoms with Crippen molar-refractivity contribution >= 4 is 59.7 Å². The van der Waals surface area contributed by atoms with Crippen molar-refractivity contribution in [1.29, 1.82) is 0 Å². The second-order valence-electron chi connectivity index (χ2n) is 4.63. The lowest BCUT2D eigenvalue weighted by Crippen LogP contribution is -2.41. The van der Waals surface area contributed by atoms with Crippen molar-refractivity contribution in [1.82, 2.24) is 4.90 Å². The molecule has 106 valence electrons. The van der Waals surface area contributed by atoms with Crippen molar-refractivity contribution in [2.45, 2.75) is 0 Å². The molecule has 1 aromatic carbocycles. The lowest BCUT2D eigenvalue weighted by atomic mass is 10.2. The van der Waals surface area contributed by atoms with Crippen LogP contribution in [-0.2, 0) is 10.8 Å². The standard InChI is InChI=1S/C13H13BrN2O2S2/c14-8-1-2-9-10(7-8)19-12(11(9)15)13(17)16-3-5-20(18)6-4-16/h1-2,7H,3-6,15H2. The van der Waals surface area contributed by atoms with Gasteiger partial charge in [-0.2, -0.15) is 0 Å². The Labute approximate surface area is 131 Å². The van der Waals surface area contributed by atoms with Gasteiger partial charge >= 0.3 is 0 Å². The molecule has 3 rings (SSSR count). The molecule has 0 bridgehead atoms. The van der Waals surface area contributed by atoms with Crippen LogP contribution in [0, 0.1) is 0 Å². The first kappa shape index (κ1) is 14.0. The minimum atomic E-state index is -0.785. The van der Waals surface area contributed by atoms with Crippen LogP contribution >= 0.6 is 27.3 Å². The number of thiophene rings is 1. The summed E-state index contributed by atoms with van der Waals surface area (Å²) < 4.78 is 13.3. The first-order chi connectivity index (χ1) is 9.56. The molecule has 2 heterocycles. The largest absolute Gasteiger partial charge is 0.397 e. The second kappa shape index (κ2) is 5.46. The van der Waals surface area contributed by atoms with Gasteiger partial charge in [-0.1, -0.05) is 22.0 Å². The minimum Gasteiger partial charge on any atom is -0.397 e. The van der Waals surface area contributed by atoms with Gasteiger partial charge in [-0.15, -0.1) is 11.3 Å². The van der Waals surface area contributed by atoms with E-state index < -0.39 is 10.8 Å². The molecule has 1 fully saturated rings. The molecule has 1 aromatic heterocycles.